The number of nitrogens with one attached hydrogen (secondary N) is 1. The normalized spacial score (nSPS) is 10.5. The van der Waals surface area contributed by atoms with Crippen molar-refractivity contribution in [1.29, 1.82) is 0 Å². The average Bonchev–Trinajstić information content (AvgIpc) is 2.99. The summed E-state index contributed by atoms with van der Waals surface area (Å²) in [5.74, 6) is 1.73. The van der Waals surface area contributed by atoms with E-state index in [1.165, 1.54) is 0 Å². The summed E-state index contributed by atoms with van der Waals surface area (Å²) in [6.07, 6.45) is 3.70. The summed E-state index contributed by atoms with van der Waals surface area (Å²) in [6.45, 7) is 5.10. The van der Waals surface area contributed by atoms with E-state index in [2.05, 4.69) is 17.3 Å². The van der Waals surface area contributed by atoms with Gasteiger partial charge in [-0.1, -0.05) is 6.92 Å². The second-order valence-corrected chi connectivity index (χ2v) is 4.37. The van der Waals surface area contributed by atoms with E-state index in [9.17, 15) is 0 Å². The molecule has 0 saturated carbocycles. The van der Waals surface area contributed by atoms with Gasteiger partial charge < -0.3 is 14.8 Å². The van der Waals surface area contributed by atoms with Gasteiger partial charge in [-0.25, -0.2) is 0 Å². The lowest BCUT2D eigenvalue weighted by Gasteiger charge is -2.13. The van der Waals surface area contributed by atoms with Crippen molar-refractivity contribution in [3.8, 4) is 11.5 Å². The summed E-state index contributed by atoms with van der Waals surface area (Å²) < 4.78 is 13.0. The first-order valence-electron chi connectivity index (χ1n) is 6.81. The van der Waals surface area contributed by atoms with Crippen LogP contribution in [-0.4, -0.2) is 30.0 Å². The molecule has 0 aliphatic rings. The van der Waals surface area contributed by atoms with Crippen molar-refractivity contribution in [2.45, 2.75) is 20.0 Å². The summed E-state index contributed by atoms with van der Waals surface area (Å²) in [7, 11) is 1.67. The maximum Gasteiger partial charge on any atom is 0.124 e. The van der Waals surface area contributed by atoms with Crippen LogP contribution in [0.1, 0.15) is 12.5 Å². The molecule has 0 aliphatic carbocycles. The van der Waals surface area contributed by atoms with Crippen molar-refractivity contribution >= 4 is 0 Å². The molecular weight excluding hydrogens is 254 g/mol. The summed E-state index contributed by atoms with van der Waals surface area (Å²) in [6, 6.07) is 7.78. The van der Waals surface area contributed by atoms with E-state index in [1.54, 1.807) is 13.3 Å². The Hall–Kier alpha value is -2.01. The van der Waals surface area contributed by atoms with E-state index >= 15 is 0 Å². The predicted octanol–water partition coefficient (Wildman–Crippen LogP) is 2.08. The topological polar surface area (TPSA) is 48.3 Å². The third-order valence-corrected chi connectivity index (χ3v) is 2.97. The Morgan fingerprint density at radius 2 is 2.25 bits per heavy atom. The molecule has 5 heteroatoms. The van der Waals surface area contributed by atoms with Crippen LogP contribution in [0.15, 0.2) is 36.7 Å². The van der Waals surface area contributed by atoms with Crippen LogP contribution in [0.5, 0.6) is 11.5 Å². The molecule has 108 valence electrons. The Morgan fingerprint density at radius 3 is 2.95 bits per heavy atom. The molecule has 2 aromatic rings. The highest BCUT2D eigenvalue weighted by Crippen LogP contribution is 2.24. The first kappa shape index (κ1) is 14.4. The Kier molecular flexibility index (Phi) is 5.43. The first-order chi connectivity index (χ1) is 9.83. The van der Waals surface area contributed by atoms with Crippen LogP contribution in [0.3, 0.4) is 0 Å². The lowest BCUT2D eigenvalue weighted by Crippen LogP contribution is -2.14. The zero-order valence-electron chi connectivity index (χ0n) is 12.0. The Bertz CT molecular complexity index is 512. The maximum absolute atomic E-state index is 5.85. The zero-order chi connectivity index (χ0) is 14.2. The monoisotopic (exact) mass is 275 g/mol. The number of methoxy groups -OCH3 is 1. The minimum Gasteiger partial charge on any atom is -0.497 e. The van der Waals surface area contributed by atoms with E-state index in [0.717, 1.165) is 36.7 Å². The van der Waals surface area contributed by atoms with Crippen molar-refractivity contribution in [3.05, 3.63) is 42.2 Å². The predicted molar refractivity (Wildman–Crippen MR) is 78.1 cm³/mol. The van der Waals surface area contributed by atoms with Crippen LogP contribution in [-0.2, 0) is 13.1 Å². The molecule has 1 N–H and O–H groups in total. The fourth-order valence-electron chi connectivity index (χ4n) is 1.90. The quantitative estimate of drug-likeness (QED) is 0.801. The standard InChI is InChI=1S/C15H21N3O2/c1-3-16-12-13-11-14(19-2)5-6-15(13)20-10-9-18-8-4-7-17-18/h4-8,11,16H,3,9-10,12H2,1-2H3. The fraction of sp³-hybridized carbons (Fsp3) is 0.400. The molecule has 2 rings (SSSR count). The highest BCUT2D eigenvalue weighted by molar-refractivity contribution is 5.40. The molecule has 1 aromatic carbocycles. The summed E-state index contributed by atoms with van der Waals surface area (Å²) in [5.41, 5.74) is 1.10. The number of ether oxygens (including phenoxy) is 2. The second-order valence-electron chi connectivity index (χ2n) is 4.37. The fourth-order valence-corrected chi connectivity index (χ4v) is 1.90. The minimum atomic E-state index is 0.590. The van der Waals surface area contributed by atoms with Crippen LogP contribution in [0.2, 0.25) is 0 Å². The molecule has 0 amide bonds. The van der Waals surface area contributed by atoms with E-state index in [0.29, 0.717) is 6.61 Å². The van der Waals surface area contributed by atoms with Gasteiger partial charge in [-0.2, -0.15) is 5.10 Å². The highest BCUT2D eigenvalue weighted by Gasteiger charge is 2.05. The molecule has 0 unspecified atom stereocenters. The summed E-state index contributed by atoms with van der Waals surface area (Å²) in [4.78, 5) is 0. The number of aromatic nitrogens is 2. The zero-order valence-corrected chi connectivity index (χ0v) is 12.0. The van der Waals surface area contributed by atoms with Crippen LogP contribution in [0.25, 0.3) is 0 Å². The Morgan fingerprint density at radius 1 is 1.35 bits per heavy atom. The molecule has 0 spiro atoms. The SMILES string of the molecule is CCNCc1cc(OC)ccc1OCCn1cccn1. The van der Waals surface area contributed by atoms with Gasteiger partial charge in [0.15, 0.2) is 0 Å². The molecule has 1 aromatic heterocycles. The molecule has 1 heterocycles. The number of hydrogen-bond acceptors (Lipinski definition) is 4. The van der Waals surface area contributed by atoms with Crippen LogP contribution >= 0.6 is 0 Å². The van der Waals surface area contributed by atoms with Gasteiger partial charge in [0.1, 0.15) is 18.1 Å². The van der Waals surface area contributed by atoms with Crippen molar-refractivity contribution in [3.63, 3.8) is 0 Å². The van der Waals surface area contributed by atoms with Crippen LogP contribution in [0.4, 0.5) is 0 Å². The van der Waals surface area contributed by atoms with E-state index in [-0.39, 0.29) is 0 Å². The molecule has 0 radical (unpaired) electrons. The van der Waals surface area contributed by atoms with Gasteiger partial charge in [-0.15, -0.1) is 0 Å². The molecular formula is C15H21N3O2. The third kappa shape index (κ3) is 3.99. The number of benzene rings is 1. The van der Waals surface area contributed by atoms with Crippen LogP contribution in [0, 0.1) is 0 Å². The lowest BCUT2D eigenvalue weighted by molar-refractivity contribution is 0.287. The van der Waals surface area contributed by atoms with Gasteiger partial charge in [0.2, 0.25) is 0 Å². The largest absolute Gasteiger partial charge is 0.497 e. The number of rotatable bonds is 8. The molecule has 0 atom stereocenters. The van der Waals surface area contributed by atoms with Crippen molar-refractivity contribution in [2.24, 2.45) is 0 Å². The Balaban J connectivity index is 1.97. The average molecular weight is 275 g/mol. The third-order valence-electron chi connectivity index (χ3n) is 2.97. The van der Waals surface area contributed by atoms with Crippen LogP contribution < -0.4 is 14.8 Å². The molecule has 0 fully saturated rings. The van der Waals surface area contributed by atoms with Crippen molar-refractivity contribution in [1.82, 2.24) is 15.1 Å². The summed E-state index contributed by atoms with van der Waals surface area (Å²) >= 11 is 0. The maximum atomic E-state index is 5.85. The van der Waals surface area contributed by atoms with Gasteiger partial charge in [0, 0.05) is 24.5 Å². The van der Waals surface area contributed by atoms with Gasteiger partial charge in [0.25, 0.3) is 0 Å². The highest BCUT2D eigenvalue weighted by atomic mass is 16.5. The number of hydrogen-bond donors (Lipinski definition) is 1. The Labute approximate surface area is 119 Å². The summed E-state index contributed by atoms with van der Waals surface area (Å²) in [5, 5.41) is 7.46. The molecule has 5 nitrogen and oxygen atoms in total. The molecule has 0 saturated heterocycles. The second kappa shape index (κ2) is 7.55. The first-order valence-corrected chi connectivity index (χ1v) is 6.81. The van der Waals surface area contributed by atoms with Gasteiger partial charge in [-0.05, 0) is 30.8 Å². The lowest BCUT2D eigenvalue weighted by atomic mass is 10.2. The van der Waals surface area contributed by atoms with E-state index < -0.39 is 0 Å². The van der Waals surface area contributed by atoms with E-state index in [4.69, 9.17) is 9.47 Å². The molecule has 0 bridgehead atoms. The molecule has 0 aliphatic heterocycles. The smallest absolute Gasteiger partial charge is 0.124 e. The van der Waals surface area contributed by atoms with Gasteiger partial charge in [-0.3, -0.25) is 4.68 Å². The van der Waals surface area contributed by atoms with Crippen molar-refractivity contribution in [2.75, 3.05) is 20.3 Å². The van der Waals surface area contributed by atoms with Gasteiger partial charge >= 0.3 is 0 Å². The molecule has 20 heavy (non-hydrogen) atoms. The van der Waals surface area contributed by atoms with E-state index in [1.807, 2.05) is 35.1 Å². The van der Waals surface area contributed by atoms with Crippen molar-refractivity contribution < 1.29 is 9.47 Å². The minimum absolute atomic E-state index is 0.590. The van der Waals surface area contributed by atoms with Gasteiger partial charge in [0.05, 0.1) is 13.7 Å². The number of nitrogens with zero attached hydrogens (tertiary/aromatic N) is 2.